The van der Waals surface area contributed by atoms with Gasteiger partial charge in [0.25, 0.3) is 0 Å². The van der Waals surface area contributed by atoms with E-state index in [-0.39, 0.29) is 16.2 Å². The third kappa shape index (κ3) is 6.23. The Morgan fingerprint density at radius 2 is 1.60 bits per heavy atom. The molecule has 0 heterocycles. The molecular weight excluding hydrogens is 402 g/mol. The molecule has 0 spiro atoms. The van der Waals surface area contributed by atoms with E-state index in [0.29, 0.717) is 11.4 Å². The summed E-state index contributed by atoms with van der Waals surface area (Å²) >= 11 is 0. The van der Waals surface area contributed by atoms with Crippen LogP contribution < -0.4 is 9.64 Å². The van der Waals surface area contributed by atoms with Crippen LogP contribution in [0.1, 0.15) is 49.9 Å². The number of methoxy groups -OCH3 is 1. The summed E-state index contributed by atoms with van der Waals surface area (Å²) in [5, 5.41) is 0. The third-order valence-electron chi connectivity index (χ3n) is 4.72. The van der Waals surface area contributed by atoms with Gasteiger partial charge in [-0.25, -0.2) is 13.2 Å². The van der Waals surface area contributed by atoms with Crippen molar-refractivity contribution in [2.45, 2.75) is 44.4 Å². The van der Waals surface area contributed by atoms with Crippen LogP contribution >= 0.6 is 0 Å². The molecule has 0 amide bonds. The molecule has 7 heteroatoms. The molecule has 164 valence electrons. The highest BCUT2D eigenvalue weighted by Gasteiger charge is 2.26. The quantitative estimate of drug-likeness (QED) is 0.460. The Morgan fingerprint density at radius 3 is 2.10 bits per heavy atom. The topological polar surface area (TPSA) is 72.9 Å². The van der Waals surface area contributed by atoms with Crippen molar-refractivity contribution in [3.05, 3.63) is 48.0 Å². The lowest BCUT2D eigenvalue weighted by Crippen LogP contribution is -2.27. The van der Waals surface area contributed by atoms with Gasteiger partial charge in [-0.2, -0.15) is 0 Å². The molecule has 2 rings (SSSR count). The minimum absolute atomic E-state index is 0.0257. The van der Waals surface area contributed by atoms with E-state index in [2.05, 4.69) is 18.7 Å². The van der Waals surface area contributed by atoms with Crippen LogP contribution in [0.3, 0.4) is 0 Å². The van der Waals surface area contributed by atoms with E-state index in [0.717, 1.165) is 45.0 Å². The number of nitrogens with zero attached hydrogens (tertiary/aromatic N) is 1. The lowest BCUT2D eigenvalue weighted by atomic mass is 10.1. The maximum absolute atomic E-state index is 12.7. The molecule has 6 nitrogen and oxygen atoms in total. The Labute approximate surface area is 179 Å². The molecule has 0 atom stereocenters. The number of para-hydroxylation sites is 1. The Bertz CT molecular complexity index is 934. The number of sulfone groups is 1. The normalized spacial score (nSPS) is 11.2. The highest BCUT2D eigenvalue weighted by molar-refractivity contribution is 7.90. The van der Waals surface area contributed by atoms with Crippen LogP contribution in [0.15, 0.2) is 47.4 Å². The van der Waals surface area contributed by atoms with Gasteiger partial charge in [0.05, 0.1) is 18.4 Å². The van der Waals surface area contributed by atoms with E-state index in [1.54, 1.807) is 18.2 Å². The van der Waals surface area contributed by atoms with Crippen molar-refractivity contribution < 1.29 is 22.7 Å². The molecule has 0 saturated heterocycles. The van der Waals surface area contributed by atoms with Gasteiger partial charge in [0, 0.05) is 19.3 Å². The lowest BCUT2D eigenvalue weighted by Gasteiger charge is -2.28. The SMILES string of the molecule is CCCCN(CCCC)c1cc(C(=O)OC)cc(S(C)(=O)=O)c1Oc1ccccc1. The second-order valence-electron chi connectivity index (χ2n) is 7.20. The first-order valence-corrected chi connectivity index (χ1v) is 12.1. The Balaban J connectivity index is 2.73. The highest BCUT2D eigenvalue weighted by Crippen LogP contribution is 2.40. The van der Waals surface area contributed by atoms with Gasteiger partial charge in [0.15, 0.2) is 15.6 Å². The fourth-order valence-electron chi connectivity index (χ4n) is 3.09. The van der Waals surface area contributed by atoms with Crippen LogP contribution in [0.5, 0.6) is 11.5 Å². The van der Waals surface area contributed by atoms with E-state index in [4.69, 9.17) is 9.47 Å². The minimum atomic E-state index is -3.67. The van der Waals surface area contributed by atoms with Gasteiger partial charge in [-0.1, -0.05) is 44.9 Å². The van der Waals surface area contributed by atoms with Gasteiger partial charge >= 0.3 is 5.97 Å². The number of carbonyl (C=O) groups excluding carboxylic acids is 1. The Morgan fingerprint density at radius 1 is 1.00 bits per heavy atom. The maximum Gasteiger partial charge on any atom is 0.337 e. The fourth-order valence-corrected chi connectivity index (χ4v) is 3.92. The monoisotopic (exact) mass is 433 g/mol. The van der Waals surface area contributed by atoms with Crippen molar-refractivity contribution in [2.75, 3.05) is 31.4 Å². The number of hydrogen-bond acceptors (Lipinski definition) is 6. The smallest absolute Gasteiger partial charge is 0.337 e. The molecule has 0 aliphatic carbocycles. The summed E-state index contributed by atoms with van der Waals surface area (Å²) in [7, 11) is -2.39. The van der Waals surface area contributed by atoms with Crippen molar-refractivity contribution in [3.63, 3.8) is 0 Å². The zero-order valence-electron chi connectivity index (χ0n) is 18.2. The summed E-state index contributed by atoms with van der Waals surface area (Å²) in [6.45, 7) is 5.67. The Kier molecular flexibility index (Phi) is 8.72. The van der Waals surface area contributed by atoms with Crippen molar-refractivity contribution in [2.24, 2.45) is 0 Å². The Hall–Kier alpha value is -2.54. The molecule has 0 aromatic heterocycles. The van der Waals surface area contributed by atoms with E-state index in [1.165, 1.54) is 13.2 Å². The second-order valence-corrected chi connectivity index (χ2v) is 9.18. The molecule has 0 N–H and O–H groups in total. The fraction of sp³-hybridized carbons (Fsp3) is 0.435. The zero-order valence-corrected chi connectivity index (χ0v) is 19.0. The van der Waals surface area contributed by atoms with E-state index in [1.807, 2.05) is 18.2 Å². The molecular formula is C23H31NO5S. The summed E-state index contributed by atoms with van der Waals surface area (Å²) in [5.41, 5.74) is 0.774. The zero-order chi connectivity index (χ0) is 22.1. The van der Waals surface area contributed by atoms with Crippen LogP contribution in [0.4, 0.5) is 5.69 Å². The van der Waals surface area contributed by atoms with Crippen molar-refractivity contribution in [1.29, 1.82) is 0 Å². The van der Waals surface area contributed by atoms with Gasteiger partial charge in [0.2, 0.25) is 0 Å². The third-order valence-corrected chi connectivity index (χ3v) is 5.82. The molecule has 30 heavy (non-hydrogen) atoms. The number of unbranched alkanes of at least 4 members (excludes halogenated alkanes) is 2. The highest BCUT2D eigenvalue weighted by atomic mass is 32.2. The molecule has 0 fully saturated rings. The molecule has 2 aromatic rings. The average molecular weight is 434 g/mol. The number of anilines is 1. The second kappa shape index (κ2) is 11.0. The standard InChI is InChI=1S/C23H31NO5S/c1-5-7-14-24(15-8-6-2)20-16-18(23(25)28-3)17-21(30(4,26)27)22(20)29-19-12-10-9-11-13-19/h9-13,16-17H,5-8,14-15H2,1-4H3. The van der Waals surface area contributed by atoms with Crippen LogP contribution in [0.2, 0.25) is 0 Å². The van der Waals surface area contributed by atoms with Gasteiger partial charge in [-0.05, 0) is 37.1 Å². The largest absolute Gasteiger partial charge is 0.465 e. The van der Waals surface area contributed by atoms with Gasteiger partial charge in [0.1, 0.15) is 10.6 Å². The van der Waals surface area contributed by atoms with Crippen LogP contribution in [-0.4, -0.2) is 40.8 Å². The first-order valence-electron chi connectivity index (χ1n) is 10.3. The van der Waals surface area contributed by atoms with E-state index >= 15 is 0 Å². The molecule has 0 aliphatic heterocycles. The van der Waals surface area contributed by atoms with Crippen molar-refractivity contribution in [3.8, 4) is 11.5 Å². The van der Waals surface area contributed by atoms with E-state index in [9.17, 15) is 13.2 Å². The predicted molar refractivity (Wildman–Crippen MR) is 119 cm³/mol. The number of benzene rings is 2. The van der Waals surface area contributed by atoms with Gasteiger partial charge in [-0.3, -0.25) is 0 Å². The minimum Gasteiger partial charge on any atom is -0.465 e. The molecule has 0 unspecified atom stereocenters. The predicted octanol–water partition coefficient (Wildman–Crippen LogP) is 5.08. The first-order chi connectivity index (χ1) is 14.3. The van der Waals surface area contributed by atoms with Gasteiger partial charge in [-0.15, -0.1) is 0 Å². The summed E-state index contributed by atoms with van der Waals surface area (Å²) in [6, 6.07) is 12.1. The average Bonchev–Trinajstić information content (AvgIpc) is 2.73. The molecule has 0 saturated carbocycles. The summed E-state index contributed by atoms with van der Waals surface area (Å²) in [6.07, 6.45) is 4.98. The maximum atomic E-state index is 12.7. The number of hydrogen-bond donors (Lipinski definition) is 0. The first kappa shape index (κ1) is 23.7. The van der Waals surface area contributed by atoms with Crippen LogP contribution in [0, 0.1) is 0 Å². The van der Waals surface area contributed by atoms with Gasteiger partial charge < -0.3 is 14.4 Å². The molecule has 0 radical (unpaired) electrons. The number of rotatable bonds is 11. The summed E-state index contributed by atoms with van der Waals surface area (Å²) in [4.78, 5) is 14.4. The molecule has 2 aromatic carbocycles. The number of carbonyl (C=O) groups is 1. The number of ether oxygens (including phenoxy) is 2. The lowest BCUT2D eigenvalue weighted by molar-refractivity contribution is 0.0600. The summed E-state index contributed by atoms with van der Waals surface area (Å²) in [5.74, 6) is 0.183. The van der Waals surface area contributed by atoms with Crippen molar-refractivity contribution >= 4 is 21.5 Å². The van der Waals surface area contributed by atoms with Crippen LogP contribution in [0.25, 0.3) is 0 Å². The molecule has 0 aliphatic rings. The number of esters is 1. The van der Waals surface area contributed by atoms with Crippen LogP contribution in [-0.2, 0) is 14.6 Å². The van der Waals surface area contributed by atoms with Crippen molar-refractivity contribution in [1.82, 2.24) is 0 Å². The molecule has 0 bridgehead atoms. The summed E-state index contributed by atoms with van der Waals surface area (Å²) < 4.78 is 36.3. The van der Waals surface area contributed by atoms with E-state index < -0.39 is 15.8 Å².